The van der Waals surface area contributed by atoms with E-state index in [4.69, 9.17) is 8.83 Å². The lowest BCUT2D eigenvalue weighted by atomic mass is 10.2. The van der Waals surface area contributed by atoms with Crippen LogP contribution in [0.25, 0.3) is 11.5 Å². The maximum atomic E-state index is 12.4. The van der Waals surface area contributed by atoms with Crippen LogP contribution in [0.1, 0.15) is 16.2 Å². The van der Waals surface area contributed by atoms with Gasteiger partial charge in [0.25, 0.3) is 5.91 Å². The summed E-state index contributed by atoms with van der Waals surface area (Å²) in [6.45, 7) is 3.12. The van der Waals surface area contributed by atoms with Gasteiger partial charge in [-0.1, -0.05) is 18.2 Å². The van der Waals surface area contributed by atoms with Crippen molar-refractivity contribution < 1.29 is 13.6 Å². The Hall–Kier alpha value is -3.55. The van der Waals surface area contributed by atoms with E-state index in [1.807, 2.05) is 30.3 Å². The second-order valence-electron chi connectivity index (χ2n) is 6.67. The van der Waals surface area contributed by atoms with Gasteiger partial charge in [-0.2, -0.15) is 0 Å². The fraction of sp³-hybridized carbons (Fsp3) is 0.286. The topological polar surface area (TPSA) is 87.1 Å². The molecule has 0 atom stereocenters. The highest BCUT2D eigenvalue weighted by Gasteiger charge is 2.25. The lowest BCUT2D eigenvalue weighted by Crippen LogP contribution is -2.53. The zero-order valence-electron chi connectivity index (χ0n) is 16.2. The summed E-state index contributed by atoms with van der Waals surface area (Å²) in [6.07, 6.45) is 3.17. The highest BCUT2D eigenvalue weighted by molar-refractivity contribution is 5.91. The van der Waals surface area contributed by atoms with Crippen molar-refractivity contribution in [1.82, 2.24) is 20.1 Å². The van der Waals surface area contributed by atoms with E-state index < -0.39 is 0 Å². The van der Waals surface area contributed by atoms with Crippen LogP contribution >= 0.6 is 0 Å². The SMILES string of the molecule is CN=C(NCc1coc(-c2ccccc2)n1)N1CCN(C(=O)c2ccco2)CC1. The van der Waals surface area contributed by atoms with E-state index in [0.29, 0.717) is 44.4 Å². The molecule has 29 heavy (non-hydrogen) atoms. The van der Waals surface area contributed by atoms with E-state index in [2.05, 4.69) is 20.2 Å². The number of nitrogens with zero attached hydrogens (tertiary/aromatic N) is 4. The number of hydrogen-bond donors (Lipinski definition) is 1. The fourth-order valence-corrected chi connectivity index (χ4v) is 3.28. The molecule has 1 aromatic carbocycles. The second kappa shape index (κ2) is 8.64. The number of carbonyl (C=O) groups is 1. The summed E-state index contributed by atoms with van der Waals surface area (Å²) in [6, 6.07) is 13.2. The molecule has 8 heteroatoms. The largest absolute Gasteiger partial charge is 0.459 e. The summed E-state index contributed by atoms with van der Waals surface area (Å²) in [4.78, 5) is 25.2. The first kappa shape index (κ1) is 18.8. The third-order valence-electron chi connectivity index (χ3n) is 4.81. The van der Waals surface area contributed by atoms with Crippen molar-refractivity contribution in [2.45, 2.75) is 6.54 Å². The van der Waals surface area contributed by atoms with E-state index in [9.17, 15) is 4.79 Å². The van der Waals surface area contributed by atoms with Crippen molar-refractivity contribution in [3.05, 3.63) is 66.4 Å². The van der Waals surface area contributed by atoms with Crippen LogP contribution in [0.3, 0.4) is 0 Å². The number of piperazine rings is 1. The number of carbonyl (C=O) groups excluding carboxylic acids is 1. The lowest BCUT2D eigenvalue weighted by molar-refractivity contribution is 0.0657. The summed E-state index contributed by atoms with van der Waals surface area (Å²) < 4.78 is 10.8. The number of rotatable bonds is 4. The van der Waals surface area contributed by atoms with Gasteiger partial charge >= 0.3 is 0 Å². The maximum Gasteiger partial charge on any atom is 0.289 e. The summed E-state index contributed by atoms with van der Waals surface area (Å²) in [5, 5.41) is 3.32. The molecule has 3 heterocycles. The van der Waals surface area contributed by atoms with Crippen molar-refractivity contribution in [2.75, 3.05) is 33.2 Å². The van der Waals surface area contributed by atoms with Crippen molar-refractivity contribution in [1.29, 1.82) is 0 Å². The van der Waals surface area contributed by atoms with Crippen molar-refractivity contribution >= 4 is 11.9 Å². The van der Waals surface area contributed by atoms with Crippen LogP contribution in [0.2, 0.25) is 0 Å². The number of aromatic nitrogens is 1. The Morgan fingerprint density at radius 3 is 2.52 bits per heavy atom. The Bertz CT molecular complexity index is 957. The number of aliphatic imine (C=N–C) groups is 1. The number of guanidine groups is 1. The normalized spacial score (nSPS) is 14.9. The van der Waals surface area contributed by atoms with Gasteiger partial charge in [-0.15, -0.1) is 0 Å². The third-order valence-corrected chi connectivity index (χ3v) is 4.81. The van der Waals surface area contributed by atoms with Crippen molar-refractivity contribution in [2.24, 2.45) is 4.99 Å². The molecule has 4 rings (SSSR count). The van der Waals surface area contributed by atoms with Gasteiger partial charge in [-0.25, -0.2) is 4.98 Å². The molecule has 1 saturated heterocycles. The fourth-order valence-electron chi connectivity index (χ4n) is 3.28. The second-order valence-corrected chi connectivity index (χ2v) is 6.67. The zero-order valence-corrected chi connectivity index (χ0v) is 16.2. The molecule has 1 aliphatic rings. The van der Waals surface area contributed by atoms with Gasteiger partial charge in [0.15, 0.2) is 11.7 Å². The molecule has 0 radical (unpaired) electrons. The van der Waals surface area contributed by atoms with E-state index in [1.165, 1.54) is 6.26 Å². The molecule has 2 aromatic heterocycles. The maximum absolute atomic E-state index is 12.4. The molecule has 0 unspecified atom stereocenters. The lowest BCUT2D eigenvalue weighted by Gasteiger charge is -2.36. The van der Waals surface area contributed by atoms with Crippen LogP contribution in [-0.2, 0) is 6.54 Å². The van der Waals surface area contributed by atoms with Gasteiger partial charge in [0, 0.05) is 38.8 Å². The number of furan rings is 1. The number of nitrogens with one attached hydrogen (secondary N) is 1. The molecule has 8 nitrogen and oxygen atoms in total. The number of hydrogen-bond acceptors (Lipinski definition) is 5. The summed E-state index contributed by atoms with van der Waals surface area (Å²) >= 11 is 0. The van der Waals surface area contributed by atoms with Crippen LogP contribution in [0.4, 0.5) is 0 Å². The van der Waals surface area contributed by atoms with Gasteiger partial charge in [-0.3, -0.25) is 9.79 Å². The zero-order chi connectivity index (χ0) is 20.1. The molecule has 0 spiro atoms. The van der Waals surface area contributed by atoms with Gasteiger partial charge in [0.2, 0.25) is 5.89 Å². The third kappa shape index (κ3) is 4.31. The molecule has 0 aliphatic carbocycles. The quantitative estimate of drug-likeness (QED) is 0.541. The average molecular weight is 393 g/mol. The first-order chi connectivity index (χ1) is 14.2. The molecule has 1 aliphatic heterocycles. The number of amides is 1. The highest BCUT2D eigenvalue weighted by atomic mass is 16.3. The Labute approximate surface area is 168 Å². The Morgan fingerprint density at radius 2 is 1.83 bits per heavy atom. The molecule has 3 aromatic rings. The summed E-state index contributed by atoms with van der Waals surface area (Å²) in [5.74, 6) is 1.68. The van der Waals surface area contributed by atoms with Gasteiger partial charge < -0.3 is 24.0 Å². The molecule has 0 saturated carbocycles. The summed E-state index contributed by atoms with van der Waals surface area (Å²) in [5.41, 5.74) is 1.75. The summed E-state index contributed by atoms with van der Waals surface area (Å²) in [7, 11) is 1.75. The van der Waals surface area contributed by atoms with E-state index in [1.54, 1.807) is 30.3 Å². The number of benzene rings is 1. The minimum absolute atomic E-state index is 0.0753. The van der Waals surface area contributed by atoms with Crippen LogP contribution in [0.5, 0.6) is 0 Å². The smallest absolute Gasteiger partial charge is 0.289 e. The molecule has 1 fully saturated rings. The first-order valence-corrected chi connectivity index (χ1v) is 9.53. The van der Waals surface area contributed by atoms with Crippen LogP contribution in [0, 0.1) is 0 Å². The Balaban J connectivity index is 1.30. The molecule has 0 bridgehead atoms. The van der Waals surface area contributed by atoms with Crippen molar-refractivity contribution in [3.63, 3.8) is 0 Å². The van der Waals surface area contributed by atoms with E-state index >= 15 is 0 Å². The average Bonchev–Trinajstić information content (AvgIpc) is 3.47. The van der Waals surface area contributed by atoms with Crippen LogP contribution in [-0.4, -0.2) is 59.9 Å². The molecular formula is C21H23N5O3. The van der Waals surface area contributed by atoms with Crippen LogP contribution < -0.4 is 5.32 Å². The predicted octanol–water partition coefficient (Wildman–Crippen LogP) is 2.47. The standard InChI is InChI=1S/C21H23N5O3/c1-22-21(23-14-17-15-29-19(24-17)16-6-3-2-4-7-16)26-11-9-25(10-12-26)20(27)18-8-5-13-28-18/h2-8,13,15H,9-12,14H2,1H3,(H,22,23). The van der Waals surface area contributed by atoms with Gasteiger partial charge in [-0.05, 0) is 24.3 Å². The predicted molar refractivity (Wildman–Crippen MR) is 108 cm³/mol. The van der Waals surface area contributed by atoms with E-state index in [0.717, 1.165) is 17.2 Å². The highest BCUT2D eigenvalue weighted by Crippen LogP contribution is 2.18. The van der Waals surface area contributed by atoms with Crippen LogP contribution in [0.15, 0.2) is 68.8 Å². The Kier molecular flexibility index (Phi) is 5.60. The van der Waals surface area contributed by atoms with Crippen molar-refractivity contribution in [3.8, 4) is 11.5 Å². The number of oxazole rings is 1. The first-order valence-electron chi connectivity index (χ1n) is 9.53. The van der Waals surface area contributed by atoms with Gasteiger partial charge in [0.1, 0.15) is 6.26 Å². The Morgan fingerprint density at radius 1 is 1.07 bits per heavy atom. The molecule has 1 N–H and O–H groups in total. The van der Waals surface area contributed by atoms with Gasteiger partial charge in [0.05, 0.1) is 18.5 Å². The minimum atomic E-state index is -0.0753. The minimum Gasteiger partial charge on any atom is -0.459 e. The monoisotopic (exact) mass is 393 g/mol. The molecule has 1 amide bonds. The molecule has 150 valence electrons. The molecular weight excluding hydrogens is 370 g/mol. The van der Waals surface area contributed by atoms with E-state index in [-0.39, 0.29) is 5.91 Å².